The molecular formula is C14H14Br2O3S. The van der Waals surface area contributed by atoms with Gasteiger partial charge in [-0.05, 0) is 34.1 Å². The van der Waals surface area contributed by atoms with Gasteiger partial charge in [-0.1, -0.05) is 15.9 Å². The maximum atomic E-state index is 5.46. The van der Waals surface area contributed by atoms with Crippen molar-refractivity contribution < 1.29 is 14.2 Å². The third kappa shape index (κ3) is 3.13. The average Bonchev–Trinajstić information content (AvgIpc) is 2.91. The first-order valence-corrected chi connectivity index (χ1v) is 8.32. The maximum absolute atomic E-state index is 5.46. The summed E-state index contributed by atoms with van der Waals surface area (Å²) in [5, 5.41) is 0. The van der Waals surface area contributed by atoms with Gasteiger partial charge in [0, 0.05) is 16.5 Å². The van der Waals surface area contributed by atoms with Crippen LogP contribution in [0.15, 0.2) is 28.1 Å². The smallest absolute Gasteiger partial charge is 0.164 e. The third-order valence-electron chi connectivity index (χ3n) is 2.85. The zero-order valence-corrected chi connectivity index (χ0v) is 15.3. The molecule has 0 aliphatic heterocycles. The fourth-order valence-corrected chi connectivity index (χ4v) is 4.08. The van der Waals surface area contributed by atoms with Crippen molar-refractivity contribution in [2.24, 2.45) is 0 Å². The van der Waals surface area contributed by atoms with E-state index in [2.05, 4.69) is 37.9 Å². The highest BCUT2D eigenvalue weighted by Gasteiger charge is 2.20. The van der Waals surface area contributed by atoms with E-state index in [1.165, 1.54) is 4.88 Å². The van der Waals surface area contributed by atoms with Crippen LogP contribution < -0.4 is 14.2 Å². The Morgan fingerprint density at radius 2 is 1.55 bits per heavy atom. The van der Waals surface area contributed by atoms with Gasteiger partial charge < -0.3 is 14.2 Å². The van der Waals surface area contributed by atoms with Crippen molar-refractivity contribution in [1.82, 2.24) is 0 Å². The van der Waals surface area contributed by atoms with Crippen LogP contribution in [0.2, 0.25) is 0 Å². The number of ether oxygens (including phenoxy) is 3. The second-order valence-electron chi connectivity index (χ2n) is 3.95. The summed E-state index contributed by atoms with van der Waals surface area (Å²) in [6.07, 6.45) is 0. The molecule has 1 aromatic carbocycles. The fourth-order valence-electron chi connectivity index (χ4n) is 1.87. The number of hydrogen-bond acceptors (Lipinski definition) is 4. The lowest BCUT2D eigenvalue weighted by Gasteiger charge is -2.17. The van der Waals surface area contributed by atoms with E-state index in [0.717, 1.165) is 15.1 Å². The van der Waals surface area contributed by atoms with Crippen molar-refractivity contribution >= 4 is 43.2 Å². The molecule has 0 saturated carbocycles. The van der Waals surface area contributed by atoms with Crippen LogP contribution in [-0.4, -0.2) is 21.3 Å². The van der Waals surface area contributed by atoms with Crippen molar-refractivity contribution in [2.45, 2.75) is 4.83 Å². The van der Waals surface area contributed by atoms with Crippen molar-refractivity contribution in [2.75, 3.05) is 21.3 Å². The number of thiophene rings is 1. The highest BCUT2D eigenvalue weighted by Crippen LogP contribution is 2.44. The molecule has 108 valence electrons. The fraction of sp³-hybridized carbons (Fsp3) is 0.286. The molecular weight excluding hydrogens is 408 g/mol. The molecule has 6 heteroatoms. The molecule has 0 saturated heterocycles. The standard InChI is InChI=1S/C14H14Br2O3S/c1-17-9-7-11(19-3)10(18-2)6-8(9)14(16)12-4-5-13(15)20-12/h4-7,14H,1-3H3. The van der Waals surface area contributed by atoms with E-state index in [1.54, 1.807) is 32.7 Å². The van der Waals surface area contributed by atoms with E-state index >= 15 is 0 Å². The Morgan fingerprint density at radius 1 is 0.950 bits per heavy atom. The summed E-state index contributed by atoms with van der Waals surface area (Å²) in [5.41, 5.74) is 1.000. The monoisotopic (exact) mass is 420 g/mol. The van der Waals surface area contributed by atoms with Gasteiger partial charge in [0.15, 0.2) is 11.5 Å². The molecule has 20 heavy (non-hydrogen) atoms. The predicted molar refractivity (Wildman–Crippen MR) is 88.9 cm³/mol. The van der Waals surface area contributed by atoms with Crippen molar-refractivity contribution in [3.8, 4) is 17.2 Å². The number of hydrogen-bond donors (Lipinski definition) is 0. The van der Waals surface area contributed by atoms with Gasteiger partial charge in [0.05, 0.1) is 29.9 Å². The molecule has 1 atom stereocenters. The van der Waals surface area contributed by atoms with Gasteiger partial charge in [0.2, 0.25) is 0 Å². The van der Waals surface area contributed by atoms with Crippen LogP contribution in [0.3, 0.4) is 0 Å². The topological polar surface area (TPSA) is 27.7 Å². The molecule has 2 aromatic rings. The molecule has 0 radical (unpaired) electrons. The van der Waals surface area contributed by atoms with Crippen molar-refractivity contribution in [3.63, 3.8) is 0 Å². The second-order valence-corrected chi connectivity index (χ2v) is 7.36. The summed E-state index contributed by atoms with van der Waals surface area (Å²) < 4.78 is 17.2. The summed E-state index contributed by atoms with van der Waals surface area (Å²) in [4.78, 5) is 1.22. The quantitative estimate of drug-likeness (QED) is 0.634. The molecule has 0 N–H and O–H groups in total. The summed E-state index contributed by atoms with van der Waals surface area (Å²) >= 11 is 8.88. The first kappa shape index (κ1) is 15.7. The summed E-state index contributed by atoms with van der Waals surface area (Å²) in [6.45, 7) is 0. The molecule has 2 rings (SSSR count). The van der Waals surface area contributed by atoms with Gasteiger partial charge in [-0.15, -0.1) is 11.3 Å². The maximum Gasteiger partial charge on any atom is 0.164 e. The number of halogens is 2. The lowest BCUT2D eigenvalue weighted by molar-refractivity contribution is 0.348. The lowest BCUT2D eigenvalue weighted by Crippen LogP contribution is -1.99. The van der Waals surface area contributed by atoms with Crippen LogP contribution >= 0.6 is 43.2 Å². The highest BCUT2D eigenvalue weighted by atomic mass is 79.9. The van der Waals surface area contributed by atoms with Gasteiger partial charge >= 0.3 is 0 Å². The van der Waals surface area contributed by atoms with Crippen LogP contribution in [-0.2, 0) is 0 Å². The van der Waals surface area contributed by atoms with Crippen LogP contribution in [0, 0.1) is 0 Å². The third-order valence-corrected chi connectivity index (χ3v) is 5.83. The highest BCUT2D eigenvalue weighted by molar-refractivity contribution is 9.11. The SMILES string of the molecule is COc1cc(OC)c(C(Br)c2ccc(Br)s2)cc1OC. The number of rotatable bonds is 5. The van der Waals surface area contributed by atoms with E-state index in [1.807, 2.05) is 18.2 Å². The van der Waals surface area contributed by atoms with Crippen molar-refractivity contribution in [3.05, 3.63) is 38.5 Å². The minimum atomic E-state index is 0.0357. The Morgan fingerprint density at radius 3 is 2.05 bits per heavy atom. The Balaban J connectivity index is 2.49. The zero-order chi connectivity index (χ0) is 14.7. The molecule has 0 aliphatic carbocycles. The van der Waals surface area contributed by atoms with Gasteiger partial charge in [0.1, 0.15) is 5.75 Å². The van der Waals surface area contributed by atoms with Crippen LogP contribution in [0.1, 0.15) is 15.3 Å². The van der Waals surface area contributed by atoms with Crippen LogP contribution in [0.4, 0.5) is 0 Å². The summed E-state index contributed by atoms with van der Waals surface area (Å²) in [5.74, 6) is 2.09. The van der Waals surface area contributed by atoms with Gasteiger partial charge in [0.25, 0.3) is 0 Å². The molecule has 0 bridgehead atoms. The second kappa shape index (κ2) is 6.83. The first-order chi connectivity index (χ1) is 9.60. The Bertz CT molecular complexity index is 598. The van der Waals surface area contributed by atoms with Gasteiger partial charge in [-0.2, -0.15) is 0 Å². The van der Waals surface area contributed by atoms with Crippen LogP contribution in [0.25, 0.3) is 0 Å². The molecule has 1 heterocycles. The molecule has 1 aromatic heterocycles. The minimum absolute atomic E-state index is 0.0357. The first-order valence-electron chi connectivity index (χ1n) is 5.80. The summed E-state index contributed by atoms with van der Waals surface area (Å²) in [6, 6.07) is 7.88. The van der Waals surface area contributed by atoms with Gasteiger partial charge in [-0.3, -0.25) is 0 Å². The van der Waals surface area contributed by atoms with E-state index in [9.17, 15) is 0 Å². The average molecular weight is 422 g/mol. The molecule has 0 fully saturated rings. The number of alkyl halides is 1. The van der Waals surface area contributed by atoms with Crippen molar-refractivity contribution in [1.29, 1.82) is 0 Å². The van der Waals surface area contributed by atoms with E-state index < -0.39 is 0 Å². The van der Waals surface area contributed by atoms with E-state index in [4.69, 9.17) is 14.2 Å². The van der Waals surface area contributed by atoms with E-state index in [0.29, 0.717) is 11.5 Å². The predicted octanol–water partition coefficient (Wildman–Crippen LogP) is 5.02. The Labute approximate surface area is 139 Å². The molecule has 1 unspecified atom stereocenters. The number of methoxy groups -OCH3 is 3. The largest absolute Gasteiger partial charge is 0.496 e. The minimum Gasteiger partial charge on any atom is -0.496 e. The van der Waals surface area contributed by atoms with Crippen LogP contribution in [0.5, 0.6) is 17.2 Å². The normalized spacial score (nSPS) is 12.1. The number of benzene rings is 1. The molecule has 0 amide bonds. The summed E-state index contributed by atoms with van der Waals surface area (Å²) in [7, 11) is 4.88. The molecule has 0 aliphatic rings. The molecule has 0 spiro atoms. The Hall–Kier alpha value is -0.720. The molecule has 3 nitrogen and oxygen atoms in total. The lowest BCUT2D eigenvalue weighted by atomic mass is 10.1. The Kier molecular flexibility index (Phi) is 5.35. The van der Waals surface area contributed by atoms with E-state index in [-0.39, 0.29) is 4.83 Å². The van der Waals surface area contributed by atoms with Gasteiger partial charge in [-0.25, -0.2) is 0 Å². The zero-order valence-electron chi connectivity index (χ0n) is 11.3.